The fourth-order valence-corrected chi connectivity index (χ4v) is 2.48. The van der Waals surface area contributed by atoms with Crippen LogP contribution >= 0.6 is 34.8 Å². The van der Waals surface area contributed by atoms with Crippen LogP contribution in [0.15, 0.2) is 28.7 Å². The van der Waals surface area contributed by atoms with Crippen LogP contribution in [0.25, 0.3) is 0 Å². The van der Waals surface area contributed by atoms with E-state index in [1.807, 2.05) is 12.1 Å². The smallest absolute Gasteiger partial charge is 0.146 e. The van der Waals surface area contributed by atoms with Crippen molar-refractivity contribution in [1.29, 1.82) is 0 Å². The lowest BCUT2D eigenvalue weighted by molar-refractivity contribution is 0.265. The molecule has 0 atom stereocenters. The molecule has 1 aliphatic rings. The zero-order valence-corrected chi connectivity index (χ0v) is 13.4. The molecule has 1 aromatic carbocycles. The van der Waals surface area contributed by atoms with Gasteiger partial charge in [-0.3, -0.25) is 0 Å². The number of ether oxygens (including phenoxy) is 1. The Morgan fingerprint density at radius 3 is 2.52 bits per heavy atom. The van der Waals surface area contributed by atoms with E-state index in [2.05, 4.69) is 5.32 Å². The van der Waals surface area contributed by atoms with Crippen molar-refractivity contribution in [2.75, 3.05) is 0 Å². The second-order valence-corrected chi connectivity index (χ2v) is 6.23. The summed E-state index contributed by atoms with van der Waals surface area (Å²) < 4.78 is 11.3. The van der Waals surface area contributed by atoms with Gasteiger partial charge in [0.1, 0.15) is 23.9 Å². The monoisotopic (exact) mass is 345 g/mol. The van der Waals surface area contributed by atoms with Gasteiger partial charge in [0.2, 0.25) is 0 Å². The first-order valence-corrected chi connectivity index (χ1v) is 7.83. The van der Waals surface area contributed by atoms with Gasteiger partial charge in [0.05, 0.1) is 21.6 Å². The molecule has 0 bridgehead atoms. The SMILES string of the molecule is Clc1cc(Cl)c(OCc2ccc(CNC3CC3)o2)cc1Cl. The van der Waals surface area contributed by atoms with Crippen LogP contribution in [0, 0.1) is 0 Å². The Kier molecular flexibility index (Phi) is 4.65. The number of benzene rings is 1. The van der Waals surface area contributed by atoms with Crippen molar-refractivity contribution in [3.63, 3.8) is 0 Å². The molecule has 21 heavy (non-hydrogen) atoms. The molecule has 1 saturated carbocycles. The molecule has 6 heteroatoms. The van der Waals surface area contributed by atoms with E-state index in [4.69, 9.17) is 44.0 Å². The second-order valence-electron chi connectivity index (χ2n) is 5.01. The third kappa shape index (κ3) is 4.07. The Labute approximate surface area is 138 Å². The number of furan rings is 1. The minimum Gasteiger partial charge on any atom is -0.484 e. The Bertz CT molecular complexity index is 638. The predicted molar refractivity (Wildman–Crippen MR) is 84.4 cm³/mol. The predicted octanol–water partition coefficient (Wildman–Crippen LogP) is 5.07. The number of nitrogens with one attached hydrogen (secondary N) is 1. The van der Waals surface area contributed by atoms with Crippen molar-refractivity contribution < 1.29 is 9.15 Å². The quantitative estimate of drug-likeness (QED) is 0.741. The molecule has 0 aliphatic heterocycles. The Morgan fingerprint density at radius 2 is 1.76 bits per heavy atom. The minimum atomic E-state index is 0.293. The van der Waals surface area contributed by atoms with E-state index in [1.54, 1.807) is 12.1 Å². The maximum atomic E-state index is 6.06. The molecule has 0 radical (unpaired) electrons. The van der Waals surface area contributed by atoms with Gasteiger partial charge in [0.15, 0.2) is 0 Å². The highest BCUT2D eigenvalue weighted by molar-refractivity contribution is 6.43. The van der Waals surface area contributed by atoms with Crippen LogP contribution in [0.5, 0.6) is 5.75 Å². The first-order valence-electron chi connectivity index (χ1n) is 6.70. The van der Waals surface area contributed by atoms with Crippen molar-refractivity contribution in [1.82, 2.24) is 5.32 Å². The highest BCUT2D eigenvalue weighted by atomic mass is 35.5. The van der Waals surface area contributed by atoms with Gasteiger partial charge in [-0.15, -0.1) is 0 Å². The summed E-state index contributed by atoms with van der Waals surface area (Å²) in [6.45, 7) is 1.04. The summed E-state index contributed by atoms with van der Waals surface area (Å²) in [5.74, 6) is 2.13. The molecular weight excluding hydrogens is 333 g/mol. The number of rotatable bonds is 6. The molecule has 1 fully saturated rings. The molecule has 1 N–H and O–H groups in total. The van der Waals surface area contributed by atoms with Crippen molar-refractivity contribution in [3.05, 3.63) is 50.9 Å². The highest BCUT2D eigenvalue weighted by Crippen LogP contribution is 2.34. The van der Waals surface area contributed by atoms with Gasteiger partial charge in [0, 0.05) is 12.1 Å². The average Bonchev–Trinajstić information content (AvgIpc) is 3.18. The standard InChI is InChI=1S/C15H14Cl3NO2/c16-12-5-14(18)15(6-13(12)17)20-8-11-4-3-10(21-11)7-19-9-1-2-9/h3-6,9,19H,1-2,7-8H2. The topological polar surface area (TPSA) is 34.4 Å². The van der Waals surface area contributed by atoms with Gasteiger partial charge in [-0.05, 0) is 31.0 Å². The molecule has 112 valence electrons. The van der Waals surface area contributed by atoms with Gasteiger partial charge in [-0.25, -0.2) is 0 Å². The van der Waals surface area contributed by atoms with Crippen LogP contribution in [0.4, 0.5) is 0 Å². The summed E-state index contributed by atoms with van der Waals surface area (Å²) in [6, 6.07) is 7.67. The highest BCUT2D eigenvalue weighted by Gasteiger charge is 2.20. The molecule has 0 amide bonds. The third-order valence-electron chi connectivity index (χ3n) is 3.20. The molecule has 1 heterocycles. The largest absolute Gasteiger partial charge is 0.484 e. The summed E-state index contributed by atoms with van der Waals surface area (Å²) >= 11 is 17.9. The van der Waals surface area contributed by atoms with E-state index in [0.29, 0.717) is 33.5 Å². The van der Waals surface area contributed by atoms with E-state index in [9.17, 15) is 0 Å². The summed E-state index contributed by atoms with van der Waals surface area (Å²) in [7, 11) is 0. The summed E-state index contributed by atoms with van der Waals surface area (Å²) in [4.78, 5) is 0. The van der Waals surface area contributed by atoms with Crippen LogP contribution in [0.1, 0.15) is 24.4 Å². The number of hydrogen-bond acceptors (Lipinski definition) is 3. The molecule has 0 unspecified atom stereocenters. The number of hydrogen-bond donors (Lipinski definition) is 1. The van der Waals surface area contributed by atoms with Crippen LogP contribution in [0.2, 0.25) is 15.1 Å². The van der Waals surface area contributed by atoms with Gasteiger partial charge in [-0.2, -0.15) is 0 Å². The van der Waals surface area contributed by atoms with Crippen molar-refractivity contribution in [3.8, 4) is 5.75 Å². The lowest BCUT2D eigenvalue weighted by Gasteiger charge is -2.08. The summed E-state index contributed by atoms with van der Waals surface area (Å²) in [5, 5.41) is 4.63. The van der Waals surface area contributed by atoms with Crippen LogP contribution in [-0.4, -0.2) is 6.04 Å². The molecule has 1 aliphatic carbocycles. The molecule has 2 aromatic rings. The third-order valence-corrected chi connectivity index (χ3v) is 4.22. The zero-order chi connectivity index (χ0) is 14.8. The molecular formula is C15H14Cl3NO2. The molecule has 3 rings (SSSR count). The minimum absolute atomic E-state index is 0.293. The fourth-order valence-electron chi connectivity index (χ4n) is 1.89. The van der Waals surface area contributed by atoms with E-state index in [-0.39, 0.29) is 0 Å². The van der Waals surface area contributed by atoms with E-state index < -0.39 is 0 Å². The van der Waals surface area contributed by atoms with Gasteiger partial charge in [-0.1, -0.05) is 34.8 Å². The molecule has 0 saturated heterocycles. The van der Waals surface area contributed by atoms with Crippen molar-refractivity contribution in [2.24, 2.45) is 0 Å². The maximum Gasteiger partial charge on any atom is 0.146 e. The maximum absolute atomic E-state index is 6.06. The Hall–Kier alpha value is -0.870. The lowest BCUT2D eigenvalue weighted by atomic mass is 10.3. The second kappa shape index (κ2) is 6.49. The van der Waals surface area contributed by atoms with Crippen molar-refractivity contribution in [2.45, 2.75) is 32.0 Å². The normalized spacial score (nSPS) is 14.4. The van der Waals surface area contributed by atoms with Gasteiger partial charge < -0.3 is 14.5 Å². The van der Waals surface area contributed by atoms with E-state index in [1.165, 1.54) is 12.8 Å². The Balaban J connectivity index is 1.58. The molecule has 3 nitrogen and oxygen atoms in total. The van der Waals surface area contributed by atoms with Gasteiger partial charge in [0.25, 0.3) is 0 Å². The lowest BCUT2D eigenvalue weighted by Crippen LogP contribution is -2.14. The summed E-state index contributed by atoms with van der Waals surface area (Å²) in [5.41, 5.74) is 0. The first-order chi connectivity index (χ1) is 10.1. The zero-order valence-electron chi connectivity index (χ0n) is 11.2. The Morgan fingerprint density at radius 1 is 1.05 bits per heavy atom. The van der Waals surface area contributed by atoms with Gasteiger partial charge >= 0.3 is 0 Å². The fraction of sp³-hybridized carbons (Fsp3) is 0.333. The molecule has 1 aromatic heterocycles. The molecule has 0 spiro atoms. The first kappa shape index (κ1) is 15.0. The van der Waals surface area contributed by atoms with E-state index in [0.717, 1.165) is 18.1 Å². The van der Waals surface area contributed by atoms with E-state index >= 15 is 0 Å². The van der Waals surface area contributed by atoms with Crippen LogP contribution < -0.4 is 10.1 Å². The van der Waals surface area contributed by atoms with Crippen LogP contribution in [0.3, 0.4) is 0 Å². The average molecular weight is 347 g/mol. The number of halogens is 3. The van der Waals surface area contributed by atoms with Crippen LogP contribution in [-0.2, 0) is 13.2 Å². The summed E-state index contributed by atoms with van der Waals surface area (Å²) in [6.07, 6.45) is 2.51. The van der Waals surface area contributed by atoms with Crippen molar-refractivity contribution >= 4 is 34.8 Å².